The summed E-state index contributed by atoms with van der Waals surface area (Å²) in [5, 5.41) is 10.2. The number of benzene rings is 1. The van der Waals surface area contributed by atoms with Gasteiger partial charge < -0.3 is 9.32 Å². The van der Waals surface area contributed by atoms with Crippen molar-refractivity contribution in [1.82, 2.24) is 4.90 Å². The van der Waals surface area contributed by atoms with Gasteiger partial charge in [0.1, 0.15) is 5.58 Å². The van der Waals surface area contributed by atoms with Crippen molar-refractivity contribution in [2.75, 3.05) is 0 Å². The van der Waals surface area contributed by atoms with Gasteiger partial charge in [0.15, 0.2) is 5.76 Å². The van der Waals surface area contributed by atoms with Crippen molar-refractivity contribution >= 4 is 22.7 Å². The fourth-order valence-electron chi connectivity index (χ4n) is 2.56. The first-order valence-corrected chi connectivity index (χ1v) is 6.15. The van der Waals surface area contributed by atoms with Gasteiger partial charge in [0.05, 0.1) is 17.7 Å². The van der Waals surface area contributed by atoms with Crippen LogP contribution in [0, 0.1) is 17.2 Å². The molecule has 2 aliphatic rings. The third-order valence-electron chi connectivity index (χ3n) is 3.49. The number of rotatable bonds is 0. The summed E-state index contributed by atoms with van der Waals surface area (Å²) in [4.78, 5) is 1.98. The Balaban J connectivity index is 1.98. The Kier molecular flexibility index (Phi) is 1.95. The van der Waals surface area contributed by atoms with E-state index in [4.69, 9.17) is 9.68 Å². The first-order valence-electron chi connectivity index (χ1n) is 6.15. The number of nitrogens with zero attached hydrogens (tertiary/aromatic N) is 2. The second-order valence-electron chi connectivity index (χ2n) is 4.61. The second kappa shape index (κ2) is 3.63. The molecule has 0 saturated carbocycles. The second-order valence-corrected chi connectivity index (χ2v) is 4.61. The Bertz CT molecular complexity index is 802. The smallest absolute Gasteiger partial charge is 0.159 e. The molecule has 0 radical (unpaired) electrons. The Morgan fingerprint density at radius 1 is 1.21 bits per heavy atom. The van der Waals surface area contributed by atoms with Crippen LogP contribution in [0.2, 0.25) is 0 Å². The van der Waals surface area contributed by atoms with E-state index in [2.05, 4.69) is 18.2 Å². The van der Waals surface area contributed by atoms with E-state index >= 15 is 0 Å². The maximum Gasteiger partial charge on any atom is 0.159 e. The van der Waals surface area contributed by atoms with Gasteiger partial charge in [0.25, 0.3) is 0 Å². The van der Waals surface area contributed by atoms with Crippen LogP contribution in [0.5, 0.6) is 0 Å². The lowest BCUT2D eigenvalue weighted by Gasteiger charge is -2.25. The molecular formula is C16H10N2O. The Labute approximate surface area is 110 Å². The molecule has 1 aromatic heterocycles. The monoisotopic (exact) mass is 246 g/mol. The number of nitriles is 1. The maximum atomic E-state index is 9.06. The number of fused-ring (bicyclic) bond motifs is 5. The van der Waals surface area contributed by atoms with Crippen molar-refractivity contribution in [3.63, 3.8) is 0 Å². The van der Waals surface area contributed by atoms with Crippen molar-refractivity contribution in [3.05, 3.63) is 60.1 Å². The first-order chi connectivity index (χ1) is 9.36. The van der Waals surface area contributed by atoms with E-state index < -0.39 is 0 Å². The van der Waals surface area contributed by atoms with Gasteiger partial charge in [-0.05, 0) is 24.3 Å². The summed E-state index contributed by atoms with van der Waals surface area (Å²) in [6.45, 7) is 0. The highest BCUT2D eigenvalue weighted by Gasteiger charge is 2.25. The van der Waals surface area contributed by atoms with Crippen molar-refractivity contribution in [2.24, 2.45) is 5.92 Å². The van der Waals surface area contributed by atoms with Crippen molar-refractivity contribution < 1.29 is 4.42 Å². The highest BCUT2D eigenvalue weighted by Crippen LogP contribution is 2.38. The first kappa shape index (κ1) is 10.2. The van der Waals surface area contributed by atoms with Crippen molar-refractivity contribution in [1.29, 1.82) is 5.26 Å². The van der Waals surface area contributed by atoms with Crippen LogP contribution in [0.4, 0.5) is 0 Å². The zero-order valence-corrected chi connectivity index (χ0v) is 10.1. The summed E-state index contributed by atoms with van der Waals surface area (Å²) >= 11 is 0. The number of allylic oxidation sites excluding steroid dienone is 2. The highest BCUT2D eigenvalue weighted by atomic mass is 16.3. The Hall–Kier alpha value is -2.73. The lowest BCUT2D eigenvalue weighted by Crippen LogP contribution is -2.16. The molecule has 0 saturated heterocycles. The standard InChI is InChI=1S/C16H10N2O/c17-10-11-5-7-18-8-6-13-12-3-1-2-4-15(12)19-16(13)14(18)9-11/h1-9,11H. The van der Waals surface area contributed by atoms with E-state index in [1.165, 1.54) is 0 Å². The molecule has 0 spiro atoms. The van der Waals surface area contributed by atoms with Gasteiger partial charge in [-0.2, -0.15) is 5.26 Å². The van der Waals surface area contributed by atoms with Crippen LogP contribution in [0.15, 0.2) is 53.2 Å². The summed E-state index contributed by atoms with van der Waals surface area (Å²) in [5.74, 6) is 0.645. The van der Waals surface area contributed by atoms with Gasteiger partial charge in [-0.25, -0.2) is 0 Å². The fraction of sp³-hybridized carbons (Fsp3) is 0.0625. The molecule has 0 bridgehead atoms. The van der Waals surface area contributed by atoms with E-state index in [9.17, 15) is 0 Å². The molecule has 1 unspecified atom stereocenters. The number of hydrogen-bond donors (Lipinski definition) is 0. The Morgan fingerprint density at radius 2 is 2.11 bits per heavy atom. The molecule has 0 amide bonds. The molecule has 4 rings (SSSR count). The average Bonchev–Trinajstić information content (AvgIpc) is 2.85. The van der Waals surface area contributed by atoms with Gasteiger partial charge >= 0.3 is 0 Å². The fourth-order valence-corrected chi connectivity index (χ4v) is 2.56. The summed E-state index contributed by atoms with van der Waals surface area (Å²) < 4.78 is 5.95. The molecule has 1 atom stereocenters. The van der Waals surface area contributed by atoms with Crippen molar-refractivity contribution in [2.45, 2.75) is 0 Å². The zero-order valence-electron chi connectivity index (χ0n) is 10.1. The van der Waals surface area contributed by atoms with E-state index in [-0.39, 0.29) is 5.92 Å². The topological polar surface area (TPSA) is 40.2 Å². The number of hydrogen-bond acceptors (Lipinski definition) is 3. The molecule has 2 aromatic rings. The summed E-state index contributed by atoms with van der Waals surface area (Å²) in [6, 6.07) is 10.2. The van der Waals surface area contributed by atoms with Crippen LogP contribution in [0.25, 0.3) is 22.7 Å². The van der Waals surface area contributed by atoms with E-state index in [1.807, 2.05) is 47.7 Å². The van der Waals surface area contributed by atoms with E-state index in [0.29, 0.717) is 0 Å². The highest BCUT2D eigenvalue weighted by molar-refractivity contribution is 5.94. The quantitative estimate of drug-likeness (QED) is 0.711. The van der Waals surface area contributed by atoms with Gasteiger partial charge in [-0.3, -0.25) is 0 Å². The molecule has 3 heteroatoms. The predicted octanol–water partition coefficient (Wildman–Crippen LogP) is 3.73. The molecule has 3 nitrogen and oxygen atoms in total. The third-order valence-corrected chi connectivity index (χ3v) is 3.49. The molecule has 0 fully saturated rings. The van der Waals surface area contributed by atoms with E-state index in [1.54, 1.807) is 0 Å². The molecule has 2 aliphatic heterocycles. The maximum absolute atomic E-state index is 9.06. The molecule has 3 heterocycles. The summed E-state index contributed by atoms with van der Waals surface area (Å²) in [7, 11) is 0. The van der Waals surface area contributed by atoms with Crippen LogP contribution in [0.1, 0.15) is 11.3 Å². The van der Waals surface area contributed by atoms with Crippen LogP contribution in [0.3, 0.4) is 0 Å². The van der Waals surface area contributed by atoms with E-state index in [0.717, 1.165) is 28.0 Å². The third kappa shape index (κ3) is 1.37. The zero-order chi connectivity index (χ0) is 12.8. The number of para-hydroxylation sites is 1. The predicted molar refractivity (Wildman–Crippen MR) is 73.3 cm³/mol. The number of furan rings is 1. The molecular weight excluding hydrogens is 236 g/mol. The molecule has 90 valence electrons. The minimum atomic E-state index is -0.196. The molecule has 0 aliphatic carbocycles. The normalized spacial score (nSPS) is 19.8. The largest absolute Gasteiger partial charge is 0.454 e. The van der Waals surface area contributed by atoms with Gasteiger partial charge in [-0.15, -0.1) is 0 Å². The van der Waals surface area contributed by atoms with Gasteiger partial charge in [-0.1, -0.05) is 18.2 Å². The van der Waals surface area contributed by atoms with Gasteiger partial charge in [0.2, 0.25) is 0 Å². The molecule has 19 heavy (non-hydrogen) atoms. The van der Waals surface area contributed by atoms with Crippen LogP contribution < -0.4 is 0 Å². The SMILES string of the molecule is N#CC1C=CN2C=Cc3c(oc4ccccc34)C2=C1. The molecule has 1 aromatic carbocycles. The molecule has 0 N–H and O–H groups in total. The lowest BCUT2D eigenvalue weighted by molar-refractivity contribution is 0.561. The van der Waals surface area contributed by atoms with Crippen LogP contribution in [-0.4, -0.2) is 4.90 Å². The van der Waals surface area contributed by atoms with Crippen LogP contribution >= 0.6 is 0 Å². The Morgan fingerprint density at radius 3 is 3.00 bits per heavy atom. The lowest BCUT2D eigenvalue weighted by atomic mass is 10.00. The summed E-state index contributed by atoms with van der Waals surface area (Å²) in [6.07, 6.45) is 9.78. The van der Waals surface area contributed by atoms with Crippen molar-refractivity contribution in [3.8, 4) is 6.07 Å². The minimum Gasteiger partial charge on any atom is -0.454 e. The average molecular weight is 246 g/mol. The van der Waals surface area contributed by atoms with Crippen LogP contribution in [-0.2, 0) is 0 Å². The summed E-state index contributed by atoms with van der Waals surface area (Å²) in [5.41, 5.74) is 2.91. The minimum absolute atomic E-state index is 0.196. The van der Waals surface area contributed by atoms with Gasteiger partial charge in [0, 0.05) is 23.3 Å².